The number of benzene rings is 2. The van der Waals surface area contributed by atoms with Crippen molar-refractivity contribution in [3.63, 3.8) is 0 Å². The number of carbonyl (C=O) groups is 1. The lowest BCUT2D eigenvalue weighted by Gasteiger charge is -2.46. The maximum absolute atomic E-state index is 13.0. The number of rotatable bonds is 3. The van der Waals surface area contributed by atoms with Crippen LogP contribution in [0.1, 0.15) is 52.7 Å². The monoisotopic (exact) mass is 399 g/mol. The first kappa shape index (κ1) is 20.1. The van der Waals surface area contributed by atoms with Gasteiger partial charge in [-0.15, -0.1) is 0 Å². The largest absolute Gasteiger partial charge is 0.360 e. The lowest BCUT2D eigenvalue weighted by atomic mass is 9.86. The molecule has 0 radical (unpaired) electrons. The Hall–Kier alpha value is -3.14. The Labute approximate surface area is 179 Å². The van der Waals surface area contributed by atoms with Crippen LogP contribution < -0.4 is 9.91 Å². The fraction of sp³-hybridized carbons (Fsp3) is 0.308. The van der Waals surface area contributed by atoms with E-state index in [1.165, 1.54) is 21.8 Å². The summed E-state index contributed by atoms with van der Waals surface area (Å²) in [6, 6.07) is 16.4. The molecule has 4 nitrogen and oxygen atoms in total. The zero-order valence-corrected chi connectivity index (χ0v) is 18.6. The minimum absolute atomic E-state index is 0.0356. The number of hydrazone groups is 1. The van der Waals surface area contributed by atoms with Gasteiger partial charge in [0.1, 0.15) is 0 Å². The predicted octanol–water partition coefficient (Wildman–Crippen LogP) is 5.90. The standard InChI is InChI=1S/C26H29N3O/c1-17(2)28-24-13-12-20(14-22(24)18(3)16-26(28,5)6)15-23-19(4)27-29(25(23)30)21-10-8-7-9-11-21/h7-17H,1-6H3/b23-15+. The smallest absolute Gasteiger partial charge is 0.280 e. The second-order valence-corrected chi connectivity index (χ2v) is 8.92. The molecule has 0 bridgehead atoms. The van der Waals surface area contributed by atoms with Gasteiger partial charge in [-0.1, -0.05) is 30.3 Å². The molecule has 0 fully saturated rings. The minimum Gasteiger partial charge on any atom is -0.360 e. The lowest BCUT2D eigenvalue weighted by molar-refractivity contribution is -0.114. The van der Waals surface area contributed by atoms with Gasteiger partial charge in [0.15, 0.2) is 0 Å². The summed E-state index contributed by atoms with van der Waals surface area (Å²) in [6.45, 7) is 13.0. The van der Waals surface area contributed by atoms with E-state index in [0.29, 0.717) is 11.6 Å². The van der Waals surface area contributed by atoms with E-state index < -0.39 is 0 Å². The topological polar surface area (TPSA) is 35.9 Å². The maximum Gasteiger partial charge on any atom is 0.280 e. The highest BCUT2D eigenvalue weighted by Crippen LogP contribution is 2.41. The molecule has 0 aliphatic carbocycles. The molecule has 0 saturated heterocycles. The van der Waals surface area contributed by atoms with Gasteiger partial charge >= 0.3 is 0 Å². The molecule has 30 heavy (non-hydrogen) atoms. The van der Waals surface area contributed by atoms with Crippen LogP contribution in [-0.4, -0.2) is 23.2 Å². The van der Waals surface area contributed by atoms with Crippen molar-refractivity contribution in [2.45, 2.75) is 53.1 Å². The quantitative estimate of drug-likeness (QED) is 0.602. The average molecular weight is 400 g/mol. The predicted molar refractivity (Wildman–Crippen MR) is 127 cm³/mol. The molecular formula is C26H29N3O. The normalized spacial score (nSPS) is 19.3. The van der Waals surface area contributed by atoms with Crippen LogP contribution in [0.25, 0.3) is 11.6 Å². The Morgan fingerprint density at radius 3 is 2.40 bits per heavy atom. The van der Waals surface area contributed by atoms with Gasteiger partial charge in [-0.3, -0.25) is 4.79 Å². The highest BCUT2D eigenvalue weighted by atomic mass is 16.2. The second kappa shape index (κ2) is 7.28. The fourth-order valence-electron chi connectivity index (χ4n) is 4.70. The average Bonchev–Trinajstić information content (AvgIpc) is 2.96. The Kier molecular flexibility index (Phi) is 4.89. The summed E-state index contributed by atoms with van der Waals surface area (Å²) in [6.07, 6.45) is 4.29. The molecule has 2 aliphatic heterocycles. The number of carbonyl (C=O) groups excluding carboxylic acids is 1. The Bertz CT molecular complexity index is 1090. The van der Waals surface area contributed by atoms with Gasteiger partial charge in [-0.2, -0.15) is 10.1 Å². The van der Waals surface area contributed by atoms with Crippen molar-refractivity contribution in [2.75, 3.05) is 9.91 Å². The number of para-hydroxylation sites is 1. The van der Waals surface area contributed by atoms with Gasteiger partial charge in [-0.05, 0) is 83.0 Å². The zero-order chi connectivity index (χ0) is 21.6. The number of hydrogen-bond acceptors (Lipinski definition) is 3. The lowest BCUT2D eigenvalue weighted by Crippen LogP contribution is -2.49. The van der Waals surface area contributed by atoms with Crippen molar-refractivity contribution in [3.8, 4) is 0 Å². The molecule has 2 aromatic carbocycles. The molecule has 154 valence electrons. The number of anilines is 2. The van der Waals surface area contributed by atoms with Crippen LogP contribution in [0, 0.1) is 0 Å². The molecule has 2 aliphatic rings. The van der Waals surface area contributed by atoms with E-state index in [1.54, 1.807) is 0 Å². The summed E-state index contributed by atoms with van der Waals surface area (Å²) in [5, 5.41) is 5.97. The first-order valence-electron chi connectivity index (χ1n) is 10.5. The first-order valence-corrected chi connectivity index (χ1v) is 10.5. The molecule has 0 N–H and O–H groups in total. The van der Waals surface area contributed by atoms with Gasteiger partial charge in [0.2, 0.25) is 0 Å². The summed E-state index contributed by atoms with van der Waals surface area (Å²) < 4.78 is 0. The highest BCUT2D eigenvalue weighted by molar-refractivity contribution is 6.32. The van der Waals surface area contributed by atoms with Crippen LogP contribution >= 0.6 is 0 Å². The molecule has 0 spiro atoms. The van der Waals surface area contributed by atoms with E-state index in [1.807, 2.05) is 43.3 Å². The fourth-order valence-corrected chi connectivity index (χ4v) is 4.70. The molecule has 0 aromatic heterocycles. The molecule has 2 heterocycles. The Morgan fingerprint density at radius 1 is 1.03 bits per heavy atom. The third-order valence-corrected chi connectivity index (χ3v) is 5.79. The number of allylic oxidation sites excluding steroid dienone is 1. The van der Waals surface area contributed by atoms with Crippen molar-refractivity contribution >= 4 is 34.6 Å². The molecular weight excluding hydrogens is 370 g/mol. The van der Waals surface area contributed by atoms with Gasteiger partial charge in [0.25, 0.3) is 5.91 Å². The Morgan fingerprint density at radius 2 is 1.73 bits per heavy atom. The zero-order valence-electron chi connectivity index (χ0n) is 18.6. The summed E-state index contributed by atoms with van der Waals surface area (Å²) in [4.78, 5) is 15.5. The molecule has 1 amide bonds. The van der Waals surface area contributed by atoms with Crippen LogP contribution in [-0.2, 0) is 4.79 Å². The van der Waals surface area contributed by atoms with Crippen molar-refractivity contribution in [1.29, 1.82) is 0 Å². The van der Waals surface area contributed by atoms with Gasteiger partial charge < -0.3 is 4.90 Å². The summed E-state index contributed by atoms with van der Waals surface area (Å²) in [5.41, 5.74) is 6.86. The third-order valence-electron chi connectivity index (χ3n) is 5.79. The highest BCUT2D eigenvalue weighted by Gasteiger charge is 2.33. The van der Waals surface area contributed by atoms with E-state index in [-0.39, 0.29) is 11.4 Å². The van der Waals surface area contributed by atoms with Crippen LogP contribution in [0.4, 0.5) is 11.4 Å². The summed E-state index contributed by atoms with van der Waals surface area (Å²) >= 11 is 0. The molecule has 0 unspecified atom stereocenters. The SMILES string of the molecule is CC1=CC(C)(C)N(C(C)C)c2ccc(/C=C3/C(=O)N(c4ccccc4)N=C3C)cc21. The van der Waals surface area contributed by atoms with E-state index in [0.717, 1.165) is 17.0 Å². The van der Waals surface area contributed by atoms with Crippen molar-refractivity contribution in [1.82, 2.24) is 0 Å². The molecule has 4 heteroatoms. The van der Waals surface area contributed by atoms with E-state index in [2.05, 4.69) is 68.9 Å². The molecule has 0 saturated carbocycles. The van der Waals surface area contributed by atoms with Gasteiger partial charge in [0, 0.05) is 17.3 Å². The van der Waals surface area contributed by atoms with Crippen LogP contribution in [0.3, 0.4) is 0 Å². The molecule has 2 aromatic rings. The van der Waals surface area contributed by atoms with E-state index in [4.69, 9.17) is 0 Å². The van der Waals surface area contributed by atoms with E-state index in [9.17, 15) is 4.79 Å². The van der Waals surface area contributed by atoms with Crippen LogP contribution in [0.5, 0.6) is 0 Å². The van der Waals surface area contributed by atoms with Gasteiger partial charge in [0.05, 0.1) is 22.5 Å². The second-order valence-electron chi connectivity index (χ2n) is 8.92. The van der Waals surface area contributed by atoms with Crippen molar-refractivity contribution in [2.24, 2.45) is 5.10 Å². The van der Waals surface area contributed by atoms with Gasteiger partial charge in [-0.25, -0.2) is 0 Å². The van der Waals surface area contributed by atoms with E-state index >= 15 is 0 Å². The van der Waals surface area contributed by atoms with Crippen molar-refractivity contribution in [3.05, 3.63) is 71.3 Å². The number of nitrogens with zero attached hydrogens (tertiary/aromatic N) is 3. The summed E-state index contributed by atoms with van der Waals surface area (Å²) in [5.74, 6) is -0.0892. The minimum atomic E-state index is -0.0892. The van der Waals surface area contributed by atoms with Crippen LogP contribution in [0.2, 0.25) is 0 Å². The third kappa shape index (κ3) is 3.36. The van der Waals surface area contributed by atoms with Crippen molar-refractivity contribution < 1.29 is 4.79 Å². The number of hydrogen-bond donors (Lipinski definition) is 0. The number of amides is 1. The molecule has 0 atom stereocenters. The Balaban J connectivity index is 1.72. The summed E-state index contributed by atoms with van der Waals surface area (Å²) in [7, 11) is 0. The molecule has 4 rings (SSSR count). The maximum atomic E-state index is 13.0. The first-order chi connectivity index (χ1) is 14.2. The number of fused-ring (bicyclic) bond motifs is 1. The van der Waals surface area contributed by atoms with Crippen LogP contribution in [0.15, 0.2) is 65.3 Å².